The number of benzene rings is 2. The normalized spacial score (nSPS) is 12.6. The molecule has 0 aliphatic carbocycles. The van der Waals surface area contributed by atoms with Crippen molar-refractivity contribution in [2.45, 2.75) is 32.6 Å². The van der Waals surface area contributed by atoms with Gasteiger partial charge in [0.05, 0.1) is 0 Å². The molecule has 2 aromatic carbocycles. The van der Waals surface area contributed by atoms with Gasteiger partial charge in [0.1, 0.15) is 11.5 Å². The summed E-state index contributed by atoms with van der Waals surface area (Å²) in [4.78, 5) is 0. The van der Waals surface area contributed by atoms with E-state index in [4.69, 9.17) is 0 Å². The Balaban J connectivity index is 2.40. The number of rotatable bonds is 3. The molecule has 2 N–H and O–H groups in total. The molecule has 0 bridgehead atoms. The summed E-state index contributed by atoms with van der Waals surface area (Å²) in [5.74, 6) is 1.12. The standard InChI is InChI=1S/C17H20O2/c1-11(2)14-6-9-17(19)16(10-14)12(3)13-4-7-15(18)8-5-13/h4-12,18-19H,1-3H3. The third-order valence-electron chi connectivity index (χ3n) is 3.58. The lowest BCUT2D eigenvalue weighted by atomic mass is 9.89. The molecular formula is C17H20O2. The minimum atomic E-state index is 0.0966. The lowest BCUT2D eigenvalue weighted by molar-refractivity contribution is 0.465. The van der Waals surface area contributed by atoms with Gasteiger partial charge >= 0.3 is 0 Å². The Morgan fingerprint density at radius 3 is 1.95 bits per heavy atom. The smallest absolute Gasteiger partial charge is 0.119 e. The summed E-state index contributed by atoms with van der Waals surface area (Å²) in [7, 11) is 0. The maximum absolute atomic E-state index is 10.1. The largest absolute Gasteiger partial charge is 0.508 e. The highest BCUT2D eigenvalue weighted by Gasteiger charge is 2.14. The van der Waals surface area contributed by atoms with E-state index in [1.165, 1.54) is 5.56 Å². The molecule has 2 nitrogen and oxygen atoms in total. The first kappa shape index (κ1) is 13.5. The lowest BCUT2D eigenvalue weighted by Gasteiger charge is -2.16. The summed E-state index contributed by atoms with van der Waals surface area (Å²) in [6, 6.07) is 12.9. The van der Waals surface area contributed by atoms with Gasteiger partial charge in [-0.1, -0.05) is 45.0 Å². The third kappa shape index (κ3) is 2.90. The van der Waals surface area contributed by atoms with Crippen LogP contribution in [0.1, 0.15) is 49.3 Å². The number of phenols is 2. The predicted octanol–water partition coefficient (Wildman–Crippen LogP) is 4.37. The van der Waals surface area contributed by atoms with Crippen LogP contribution in [0.25, 0.3) is 0 Å². The molecule has 0 amide bonds. The van der Waals surface area contributed by atoms with Crippen LogP contribution in [-0.4, -0.2) is 10.2 Å². The van der Waals surface area contributed by atoms with Crippen molar-refractivity contribution < 1.29 is 10.2 Å². The molecule has 0 spiro atoms. The quantitative estimate of drug-likeness (QED) is 0.856. The topological polar surface area (TPSA) is 40.5 Å². The van der Waals surface area contributed by atoms with Crippen LogP contribution in [-0.2, 0) is 0 Å². The lowest BCUT2D eigenvalue weighted by Crippen LogP contribution is -1.98. The Hall–Kier alpha value is -1.96. The van der Waals surface area contributed by atoms with E-state index >= 15 is 0 Å². The van der Waals surface area contributed by atoms with Crippen molar-refractivity contribution in [3.63, 3.8) is 0 Å². The van der Waals surface area contributed by atoms with Crippen LogP contribution in [0.5, 0.6) is 11.5 Å². The van der Waals surface area contributed by atoms with Gasteiger partial charge in [0, 0.05) is 11.5 Å². The number of hydrogen-bond acceptors (Lipinski definition) is 2. The van der Waals surface area contributed by atoms with Crippen LogP contribution >= 0.6 is 0 Å². The summed E-state index contributed by atoms with van der Waals surface area (Å²) < 4.78 is 0. The second-order valence-corrected chi connectivity index (χ2v) is 5.29. The van der Waals surface area contributed by atoms with Crippen molar-refractivity contribution in [3.8, 4) is 11.5 Å². The fourth-order valence-corrected chi connectivity index (χ4v) is 2.22. The first-order chi connectivity index (χ1) is 8.99. The molecule has 0 saturated heterocycles. The van der Waals surface area contributed by atoms with Crippen molar-refractivity contribution in [2.75, 3.05) is 0 Å². The summed E-state index contributed by atoms with van der Waals surface area (Å²) in [6.45, 7) is 6.34. The SMILES string of the molecule is CC(C)c1ccc(O)c(C(C)c2ccc(O)cc2)c1. The van der Waals surface area contributed by atoms with E-state index in [-0.39, 0.29) is 11.7 Å². The zero-order valence-electron chi connectivity index (χ0n) is 11.6. The van der Waals surface area contributed by atoms with E-state index in [2.05, 4.69) is 26.8 Å². The van der Waals surface area contributed by atoms with Crippen molar-refractivity contribution in [1.82, 2.24) is 0 Å². The molecule has 2 heteroatoms. The average Bonchev–Trinajstić information content (AvgIpc) is 2.39. The maximum Gasteiger partial charge on any atom is 0.119 e. The Kier molecular flexibility index (Phi) is 3.79. The third-order valence-corrected chi connectivity index (χ3v) is 3.58. The highest BCUT2D eigenvalue weighted by molar-refractivity contribution is 5.44. The minimum Gasteiger partial charge on any atom is -0.508 e. The molecule has 0 saturated carbocycles. The fraction of sp³-hybridized carbons (Fsp3) is 0.294. The number of phenolic OH excluding ortho intramolecular Hbond substituents is 2. The molecule has 19 heavy (non-hydrogen) atoms. The Labute approximate surface area is 114 Å². The van der Waals surface area contributed by atoms with E-state index in [9.17, 15) is 10.2 Å². The minimum absolute atomic E-state index is 0.0966. The van der Waals surface area contributed by atoms with Gasteiger partial charge in [-0.2, -0.15) is 0 Å². The van der Waals surface area contributed by atoms with E-state index < -0.39 is 0 Å². The second kappa shape index (κ2) is 5.35. The molecule has 1 atom stereocenters. The van der Waals surface area contributed by atoms with Crippen molar-refractivity contribution in [2.24, 2.45) is 0 Å². The van der Waals surface area contributed by atoms with Gasteiger partial charge in [-0.05, 0) is 35.2 Å². The van der Waals surface area contributed by atoms with Crippen LogP contribution in [0.3, 0.4) is 0 Å². The van der Waals surface area contributed by atoms with Gasteiger partial charge in [-0.3, -0.25) is 0 Å². The zero-order chi connectivity index (χ0) is 14.0. The van der Waals surface area contributed by atoms with Crippen LogP contribution < -0.4 is 0 Å². The van der Waals surface area contributed by atoms with Gasteiger partial charge in [-0.25, -0.2) is 0 Å². The van der Waals surface area contributed by atoms with Crippen molar-refractivity contribution in [1.29, 1.82) is 0 Å². The van der Waals surface area contributed by atoms with E-state index in [0.29, 0.717) is 11.7 Å². The average molecular weight is 256 g/mol. The van der Waals surface area contributed by atoms with E-state index in [0.717, 1.165) is 11.1 Å². The van der Waals surface area contributed by atoms with Crippen molar-refractivity contribution in [3.05, 3.63) is 59.2 Å². The Morgan fingerprint density at radius 1 is 0.789 bits per heavy atom. The van der Waals surface area contributed by atoms with Crippen LogP contribution in [0.4, 0.5) is 0 Å². The maximum atomic E-state index is 10.1. The molecule has 1 unspecified atom stereocenters. The summed E-state index contributed by atoms with van der Waals surface area (Å²) in [6.07, 6.45) is 0. The summed E-state index contributed by atoms with van der Waals surface area (Å²) in [5.41, 5.74) is 3.23. The Bertz CT molecular complexity index is 556. The monoisotopic (exact) mass is 256 g/mol. The van der Waals surface area contributed by atoms with Crippen LogP contribution in [0, 0.1) is 0 Å². The molecule has 100 valence electrons. The molecule has 0 aliphatic heterocycles. The van der Waals surface area contributed by atoms with Gasteiger partial charge in [0.25, 0.3) is 0 Å². The molecule has 0 aromatic heterocycles. The molecule has 0 fully saturated rings. The van der Waals surface area contributed by atoms with Gasteiger partial charge < -0.3 is 10.2 Å². The van der Waals surface area contributed by atoms with Gasteiger partial charge in [0.15, 0.2) is 0 Å². The van der Waals surface area contributed by atoms with E-state index in [1.54, 1.807) is 18.2 Å². The van der Waals surface area contributed by atoms with Gasteiger partial charge in [0.2, 0.25) is 0 Å². The first-order valence-electron chi connectivity index (χ1n) is 6.60. The zero-order valence-corrected chi connectivity index (χ0v) is 11.6. The second-order valence-electron chi connectivity index (χ2n) is 5.29. The molecule has 0 radical (unpaired) electrons. The Morgan fingerprint density at radius 2 is 1.37 bits per heavy atom. The fourth-order valence-electron chi connectivity index (χ4n) is 2.22. The van der Waals surface area contributed by atoms with Crippen LogP contribution in [0.2, 0.25) is 0 Å². The van der Waals surface area contributed by atoms with Crippen molar-refractivity contribution >= 4 is 0 Å². The summed E-state index contributed by atoms with van der Waals surface area (Å²) in [5, 5.41) is 19.4. The molecular weight excluding hydrogens is 236 g/mol. The highest BCUT2D eigenvalue weighted by Crippen LogP contribution is 2.33. The van der Waals surface area contributed by atoms with Gasteiger partial charge in [-0.15, -0.1) is 0 Å². The number of aromatic hydroxyl groups is 2. The number of hydrogen-bond donors (Lipinski definition) is 2. The van der Waals surface area contributed by atoms with Crippen LogP contribution in [0.15, 0.2) is 42.5 Å². The molecule has 2 aromatic rings. The highest BCUT2D eigenvalue weighted by atomic mass is 16.3. The summed E-state index contributed by atoms with van der Waals surface area (Å²) >= 11 is 0. The predicted molar refractivity (Wildman–Crippen MR) is 77.8 cm³/mol. The molecule has 2 rings (SSSR count). The van der Waals surface area contributed by atoms with E-state index in [1.807, 2.05) is 18.2 Å². The molecule has 0 heterocycles. The first-order valence-corrected chi connectivity index (χ1v) is 6.60. The molecule has 0 aliphatic rings.